The van der Waals surface area contributed by atoms with Crippen LogP contribution in [0.25, 0.3) is 22.6 Å². The molecule has 1 amide bonds. The van der Waals surface area contributed by atoms with Crippen LogP contribution in [0, 0.1) is 3.57 Å². The standard InChI is InChI=1S/C21H15IN2O3/c1-26-17-9-4-14(5-10-17)21-24-18-11-8-16(12-19(18)27-21)23-20(25)13-2-6-15(22)7-3-13/h2-12H,1H3,(H,23,25). The summed E-state index contributed by atoms with van der Waals surface area (Å²) in [6.07, 6.45) is 0. The number of fused-ring (bicyclic) bond motifs is 1. The van der Waals surface area contributed by atoms with Gasteiger partial charge in [-0.3, -0.25) is 4.79 Å². The lowest BCUT2D eigenvalue weighted by atomic mass is 10.2. The third kappa shape index (κ3) is 3.80. The number of carbonyl (C=O) groups excluding carboxylic acids is 1. The van der Waals surface area contributed by atoms with E-state index in [0.717, 1.165) is 20.4 Å². The molecule has 0 aliphatic heterocycles. The van der Waals surface area contributed by atoms with Crippen molar-refractivity contribution in [2.75, 3.05) is 12.4 Å². The third-order valence-electron chi connectivity index (χ3n) is 4.09. The van der Waals surface area contributed by atoms with Gasteiger partial charge in [-0.2, -0.15) is 0 Å². The number of nitrogens with one attached hydrogen (secondary N) is 1. The van der Waals surface area contributed by atoms with Gasteiger partial charge in [0.2, 0.25) is 5.89 Å². The Kier molecular flexibility index (Phi) is 4.81. The molecule has 0 spiro atoms. The van der Waals surface area contributed by atoms with Crippen molar-refractivity contribution in [2.45, 2.75) is 0 Å². The highest BCUT2D eigenvalue weighted by molar-refractivity contribution is 14.1. The lowest BCUT2D eigenvalue weighted by Crippen LogP contribution is -2.11. The monoisotopic (exact) mass is 470 g/mol. The first-order chi connectivity index (χ1) is 13.1. The van der Waals surface area contributed by atoms with Gasteiger partial charge in [0, 0.05) is 26.5 Å². The topological polar surface area (TPSA) is 64.4 Å². The quantitative estimate of drug-likeness (QED) is 0.408. The zero-order valence-corrected chi connectivity index (χ0v) is 16.6. The number of carbonyl (C=O) groups is 1. The molecule has 0 saturated heterocycles. The molecule has 0 aliphatic rings. The number of nitrogens with zero attached hydrogens (tertiary/aromatic N) is 1. The van der Waals surface area contributed by atoms with Gasteiger partial charge >= 0.3 is 0 Å². The fourth-order valence-corrected chi connectivity index (χ4v) is 3.02. The SMILES string of the molecule is COc1ccc(-c2nc3ccc(NC(=O)c4ccc(I)cc4)cc3o2)cc1. The number of rotatable bonds is 4. The second-order valence-corrected chi connectivity index (χ2v) is 7.14. The number of halogens is 1. The van der Waals surface area contributed by atoms with E-state index in [2.05, 4.69) is 32.9 Å². The molecule has 1 N–H and O–H groups in total. The van der Waals surface area contributed by atoms with Crippen LogP contribution in [-0.4, -0.2) is 18.0 Å². The molecule has 0 radical (unpaired) electrons. The first-order valence-corrected chi connectivity index (χ1v) is 9.32. The van der Waals surface area contributed by atoms with Gasteiger partial charge in [-0.1, -0.05) is 0 Å². The Balaban J connectivity index is 1.58. The van der Waals surface area contributed by atoms with Gasteiger partial charge in [0.1, 0.15) is 11.3 Å². The molecule has 3 aromatic carbocycles. The van der Waals surface area contributed by atoms with E-state index >= 15 is 0 Å². The Morgan fingerprint density at radius 2 is 1.78 bits per heavy atom. The molecule has 0 saturated carbocycles. The molecule has 0 aliphatic carbocycles. The first-order valence-electron chi connectivity index (χ1n) is 8.24. The van der Waals surface area contributed by atoms with E-state index in [4.69, 9.17) is 9.15 Å². The fourth-order valence-electron chi connectivity index (χ4n) is 2.66. The van der Waals surface area contributed by atoms with E-state index < -0.39 is 0 Å². The number of benzene rings is 3. The maximum Gasteiger partial charge on any atom is 0.255 e. The van der Waals surface area contributed by atoms with E-state index in [-0.39, 0.29) is 5.91 Å². The molecule has 0 atom stereocenters. The highest BCUT2D eigenvalue weighted by Gasteiger charge is 2.11. The molecule has 0 unspecified atom stereocenters. The molecule has 27 heavy (non-hydrogen) atoms. The molecule has 0 fully saturated rings. The molecule has 1 aromatic heterocycles. The van der Waals surface area contributed by atoms with Crippen LogP contribution in [0.2, 0.25) is 0 Å². The Morgan fingerprint density at radius 1 is 1.04 bits per heavy atom. The van der Waals surface area contributed by atoms with Gasteiger partial charge in [-0.05, 0) is 83.3 Å². The summed E-state index contributed by atoms with van der Waals surface area (Å²) < 4.78 is 12.1. The van der Waals surface area contributed by atoms with E-state index in [0.29, 0.717) is 22.7 Å². The van der Waals surface area contributed by atoms with E-state index in [9.17, 15) is 4.79 Å². The number of oxazole rings is 1. The average Bonchev–Trinajstić information content (AvgIpc) is 3.12. The van der Waals surface area contributed by atoms with Crippen molar-refractivity contribution in [3.63, 3.8) is 0 Å². The van der Waals surface area contributed by atoms with Gasteiger partial charge in [0.25, 0.3) is 5.91 Å². The van der Waals surface area contributed by atoms with E-state index in [1.165, 1.54) is 0 Å². The molecule has 6 heteroatoms. The Bertz CT molecular complexity index is 1100. The number of hydrogen-bond donors (Lipinski definition) is 1. The van der Waals surface area contributed by atoms with E-state index in [1.807, 2.05) is 48.5 Å². The number of amides is 1. The number of hydrogen-bond acceptors (Lipinski definition) is 4. The summed E-state index contributed by atoms with van der Waals surface area (Å²) in [5.74, 6) is 1.13. The molecule has 1 heterocycles. The number of methoxy groups -OCH3 is 1. The largest absolute Gasteiger partial charge is 0.497 e. The zero-order chi connectivity index (χ0) is 18.8. The van der Waals surface area contributed by atoms with Crippen LogP contribution >= 0.6 is 22.6 Å². The van der Waals surface area contributed by atoms with Crippen LogP contribution in [0.3, 0.4) is 0 Å². The smallest absolute Gasteiger partial charge is 0.255 e. The van der Waals surface area contributed by atoms with Gasteiger partial charge in [0.05, 0.1) is 7.11 Å². The minimum Gasteiger partial charge on any atom is -0.497 e. The van der Waals surface area contributed by atoms with Crippen molar-refractivity contribution in [3.8, 4) is 17.2 Å². The Labute approximate surface area is 169 Å². The lowest BCUT2D eigenvalue weighted by molar-refractivity contribution is 0.102. The predicted molar refractivity (Wildman–Crippen MR) is 113 cm³/mol. The van der Waals surface area contributed by atoms with Crippen LogP contribution in [0.15, 0.2) is 71.1 Å². The maximum atomic E-state index is 12.4. The minimum absolute atomic E-state index is 0.166. The van der Waals surface area contributed by atoms with Gasteiger partial charge < -0.3 is 14.5 Å². The molecule has 4 rings (SSSR count). The van der Waals surface area contributed by atoms with Gasteiger partial charge in [-0.15, -0.1) is 0 Å². The van der Waals surface area contributed by atoms with Crippen LogP contribution in [-0.2, 0) is 0 Å². The first kappa shape index (κ1) is 17.5. The summed E-state index contributed by atoms with van der Waals surface area (Å²) in [7, 11) is 1.63. The van der Waals surface area contributed by atoms with Crippen molar-refractivity contribution in [1.82, 2.24) is 4.98 Å². The second kappa shape index (κ2) is 7.40. The minimum atomic E-state index is -0.166. The predicted octanol–water partition coefficient (Wildman–Crippen LogP) is 5.36. The third-order valence-corrected chi connectivity index (χ3v) is 4.81. The number of aromatic nitrogens is 1. The van der Waals surface area contributed by atoms with Crippen LogP contribution in [0.1, 0.15) is 10.4 Å². The van der Waals surface area contributed by atoms with Gasteiger partial charge in [0.15, 0.2) is 5.58 Å². The average molecular weight is 470 g/mol. The zero-order valence-electron chi connectivity index (χ0n) is 14.4. The van der Waals surface area contributed by atoms with Crippen LogP contribution < -0.4 is 10.1 Å². The summed E-state index contributed by atoms with van der Waals surface area (Å²) in [6, 6.07) is 20.3. The van der Waals surface area contributed by atoms with E-state index in [1.54, 1.807) is 25.3 Å². The summed E-state index contributed by atoms with van der Waals surface area (Å²) in [4.78, 5) is 16.9. The van der Waals surface area contributed by atoms with Crippen LogP contribution in [0.4, 0.5) is 5.69 Å². The number of ether oxygens (including phenoxy) is 1. The van der Waals surface area contributed by atoms with Crippen molar-refractivity contribution in [1.29, 1.82) is 0 Å². The molecule has 5 nitrogen and oxygen atoms in total. The summed E-state index contributed by atoms with van der Waals surface area (Å²) in [6.45, 7) is 0. The second-order valence-electron chi connectivity index (χ2n) is 5.89. The lowest BCUT2D eigenvalue weighted by Gasteiger charge is -2.05. The van der Waals surface area contributed by atoms with Gasteiger partial charge in [-0.25, -0.2) is 4.98 Å². The van der Waals surface area contributed by atoms with Crippen LogP contribution in [0.5, 0.6) is 5.75 Å². The van der Waals surface area contributed by atoms with Crippen molar-refractivity contribution >= 4 is 45.3 Å². The molecule has 134 valence electrons. The molecule has 4 aromatic rings. The number of anilines is 1. The Morgan fingerprint density at radius 3 is 2.48 bits per heavy atom. The highest BCUT2D eigenvalue weighted by Crippen LogP contribution is 2.27. The molecular weight excluding hydrogens is 455 g/mol. The molecular formula is C21H15IN2O3. The Hall–Kier alpha value is -2.87. The molecule has 0 bridgehead atoms. The highest BCUT2D eigenvalue weighted by atomic mass is 127. The summed E-state index contributed by atoms with van der Waals surface area (Å²) in [5, 5.41) is 2.89. The van der Waals surface area contributed by atoms with Crippen molar-refractivity contribution in [2.24, 2.45) is 0 Å². The fraction of sp³-hybridized carbons (Fsp3) is 0.0476. The van der Waals surface area contributed by atoms with Crippen molar-refractivity contribution in [3.05, 3.63) is 75.9 Å². The summed E-state index contributed by atoms with van der Waals surface area (Å²) in [5.41, 5.74) is 3.46. The maximum absolute atomic E-state index is 12.4. The van der Waals surface area contributed by atoms with Crippen molar-refractivity contribution < 1.29 is 13.9 Å². The normalized spacial score (nSPS) is 10.7. The summed E-state index contributed by atoms with van der Waals surface area (Å²) >= 11 is 2.21.